The zero-order valence-corrected chi connectivity index (χ0v) is 14.4. The van der Waals surface area contributed by atoms with Gasteiger partial charge in [-0.2, -0.15) is 0 Å². The first-order valence-electron chi connectivity index (χ1n) is 8.68. The lowest BCUT2D eigenvalue weighted by Crippen LogP contribution is -2.24. The average molecular weight is 362 g/mol. The Hall–Kier alpha value is -3.35. The van der Waals surface area contributed by atoms with Gasteiger partial charge < -0.3 is 9.72 Å². The number of nitrogens with zero attached hydrogens (tertiary/aromatic N) is 3. The van der Waals surface area contributed by atoms with Crippen molar-refractivity contribution in [2.75, 3.05) is 5.32 Å². The number of hydrogen-bond donors (Lipinski definition) is 1. The Morgan fingerprint density at radius 2 is 2.07 bits per heavy atom. The minimum Gasteiger partial charge on any atom is -0.309 e. The number of carbonyl (C=O) groups excluding carboxylic acids is 2. The number of benzene rings is 1. The van der Waals surface area contributed by atoms with Gasteiger partial charge in [-0.15, -0.1) is 0 Å². The van der Waals surface area contributed by atoms with Crippen LogP contribution in [0.2, 0.25) is 0 Å². The average Bonchev–Trinajstić information content (AvgIpc) is 3.05. The van der Waals surface area contributed by atoms with E-state index < -0.39 is 12.1 Å². The number of anilines is 1. The summed E-state index contributed by atoms with van der Waals surface area (Å²) in [6.07, 6.45) is 4.38. The number of amides is 2. The molecule has 134 valence electrons. The van der Waals surface area contributed by atoms with Crippen molar-refractivity contribution in [3.05, 3.63) is 52.8 Å². The van der Waals surface area contributed by atoms with Crippen molar-refractivity contribution in [2.24, 2.45) is 10.9 Å². The van der Waals surface area contributed by atoms with Crippen molar-refractivity contribution in [3.8, 4) is 11.1 Å². The van der Waals surface area contributed by atoms with E-state index in [4.69, 9.17) is 0 Å². The second kappa shape index (κ2) is 5.57. The maximum atomic E-state index is 13.0. The van der Waals surface area contributed by atoms with Crippen molar-refractivity contribution in [3.63, 3.8) is 0 Å². The van der Waals surface area contributed by atoms with Crippen LogP contribution in [0.4, 0.5) is 10.2 Å². The summed E-state index contributed by atoms with van der Waals surface area (Å²) in [5.41, 5.74) is 3.56. The fraction of sp³-hybridized carbons (Fsp3) is 0.200. The van der Waals surface area contributed by atoms with Crippen molar-refractivity contribution in [1.29, 1.82) is 0 Å². The van der Waals surface area contributed by atoms with Gasteiger partial charge in [0.2, 0.25) is 5.91 Å². The van der Waals surface area contributed by atoms with Gasteiger partial charge in [-0.3, -0.25) is 9.59 Å². The zero-order chi connectivity index (χ0) is 18.7. The first-order valence-corrected chi connectivity index (χ1v) is 8.68. The molecule has 1 fully saturated rings. The number of alkyl halides is 1. The van der Waals surface area contributed by atoms with Crippen molar-refractivity contribution < 1.29 is 14.0 Å². The number of halogens is 1. The number of nitrogens with one attached hydrogen (secondary N) is 1. The smallest absolute Gasteiger partial charge is 0.270 e. The molecule has 3 aromatic rings. The van der Waals surface area contributed by atoms with Gasteiger partial charge >= 0.3 is 0 Å². The molecule has 6 nitrogen and oxygen atoms in total. The molecule has 0 bridgehead atoms. The summed E-state index contributed by atoms with van der Waals surface area (Å²) in [6.45, 7) is 1.99. The summed E-state index contributed by atoms with van der Waals surface area (Å²) >= 11 is 0. The fourth-order valence-electron chi connectivity index (χ4n) is 3.47. The Labute approximate surface area is 153 Å². The summed E-state index contributed by atoms with van der Waals surface area (Å²) in [6, 6.07) is 7.55. The van der Waals surface area contributed by atoms with Crippen molar-refractivity contribution in [2.45, 2.75) is 19.5 Å². The third kappa shape index (κ3) is 2.63. The Kier molecular flexibility index (Phi) is 3.28. The van der Waals surface area contributed by atoms with Gasteiger partial charge in [-0.05, 0) is 48.2 Å². The van der Waals surface area contributed by atoms with E-state index in [0.29, 0.717) is 16.8 Å². The van der Waals surface area contributed by atoms with Crippen LogP contribution in [-0.4, -0.2) is 27.4 Å². The van der Waals surface area contributed by atoms with Gasteiger partial charge in [0.05, 0.1) is 17.5 Å². The van der Waals surface area contributed by atoms with Crippen LogP contribution < -0.4 is 15.9 Å². The zero-order valence-electron chi connectivity index (χ0n) is 14.4. The molecule has 2 amide bonds. The van der Waals surface area contributed by atoms with Crippen LogP contribution in [0.25, 0.3) is 22.9 Å². The molecule has 1 aliphatic heterocycles. The molecular formula is C20H15FN4O2. The van der Waals surface area contributed by atoms with Gasteiger partial charge in [0.15, 0.2) is 5.82 Å². The minimum atomic E-state index is -1.04. The highest BCUT2D eigenvalue weighted by Gasteiger charge is 2.43. The molecule has 2 aliphatic rings. The summed E-state index contributed by atoms with van der Waals surface area (Å²) in [5, 5.41) is 4.15. The van der Waals surface area contributed by atoms with E-state index in [1.165, 1.54) is 0 Å². The highest BCUT2D eigenvalue weighted by Crippen LogP contribution is 2.34. The molecule has 0 spiro atoms. The van der Waals surface area contributed by atoms with E-state index in [0.717, 1.165) is 21.9 Å². The second-order valence-corrected chi connectivity index (χ2v) is 6.94. The largest absolute Gasteiger partial charge is 0.309 e. The third-order valence-corrected chi connectivity index (χ3v) is 4.97. The van der Waals surface area contributed by atoms with Crippen LogP contribution >= 0.6 is 0 Å². The molecule has 2 aromatic heterocycles. The standard InChI is InChI=1S/C20H15FN4O2/c1-10-2-4-15-13(7-18(26)22-15)19(10)11-3-5-17-23-16(9-25(17)8-11)24-20(27)12-6-14(12)21/h2-5,7-9,12,14H,6H2,1H3,(H,24,27). The molecule has 3 heterocycles. The van der Waals surface area contributed by atoms with E-state index in [1.807, 2.05) is 37.4 Å². The number of aryl methyl sites for hydroxylation is 1. The third-order valence-electron chi connectivity index (χ3n) is 4.97. The van der Waals surface area contributed by atoms with E-state index in [-0.39, 0.29) is 18.2 Å². The van der Waals surface area contributed by atoms with Crippen molar-refractivity contribution >= 4 is 29.4 Å². The Morgan fingerprint density at radius 3 is 2.85 bits per heavy atom. The van der Waals surface area contributed by atoms with E-state index in [1.54, 1.807) is 16.7 Å². The molecule has 27 heavy (non-hydrogen) atoms. The first kappa shape index (κ1) is 15.9. The van der Waals surface area contributed by atoms with Gasteiger partial charge in [0.25, 0.3) is 5.91 Å². The first-order chi connectivity index (χ1) is 13.0. The molecule has 1 aliphatic carbocycles. The van der Waals surface area contributed by atoms with Crippen molar-refractivity contribution in [1.82, 2.24) is 9.38 Å². The molecule has 0 radical (unpaired) electrons. The van der Waals surface area contributed by atoms with Crippen LogP contribution in [-0.2, 0) is 9.59 Å². The normalized spacial score (nSPS) is 20.1. The molecule has 7 heteroatoms. The highest BCUT2D eigenvalue weighted by molar-refractivity contribution is 6.07. The molecule has 1 aromatic carbocycles. The van der Waals surface area contributed by atoms with E-state index >= 15 is 0 Å². The number of aromatic nitrogens is 2. The monoisotopic (exact) mass is 362 g/mol. The van der Waals surface area contributed by atoms with E-state index in [9.17, 15) is 14.0 Å². The number of imidazole rings is 1. The molecule has 2 unspecified atom stereocenters. The topological polar surface area (TPSA) is 75.8 Å². The summed E-state index contributed by atoms with van der Waals surface area (Å²) in [7, 11) is 0. The minimum absolute atomic E-state index is 0.253. The fourth-order valence-corrected chi connectivity index (χ4v) is 3.47. The van der Waals surface area contributed by atoms with Gasteiger partial charge in [-0.25, -0.2) is 14.4 Å². The predicted octanol–water partition coefficient (Wildman–Crippen LogP) is 1.55. The molecule has 1 saturated carbocycles. The van der Waals surface area contributed by atoms with Gasteiger partial charge in [0.1, 0.15) is 11.8 Å². The van der Waals surface area contributed by atoms with Crippen LogP contribution in [0.3, 0.4) is 0 Å². The lowest BCUT2D eigenvalue weighted by Gasteiger charge is -2.07. The maximum Gasteiger partial charge on any atom is 0.270 e. The van der Waals surface area contributed by atoms with Gasteiger partial charge in [-0.1, -0.05) is 6.07 Å². The second-order valence-electron chi connectivity index (χ2n) is 6.94. The number of rotatable bonds is 3. The Morgan fingerprint density at radius 1 is 1.26 bits per heavy atom. The van der Waals surface area contributed by atoms with Crippen LogP contribution in [0.1, 0.15) is 12.0 Å². The molecule has 2 atom stereocenters. The quantitative estimate of drug-likeness (QED) is 0.768. The van der Waals surface area contributed by atoms with Gasteiger partial charge in [0, 0.05) is 17.5 Å². The van der Waals surface area contributed by atoms with Crippen LogP contribution in [0.5, 0.6) is 0 Å². The lowest BCUT2D eigenvalue weighted by molar-refractivity contribution is -0.117. The molecular weight excluding hydrogens is 347 g/mol. The summed E-state index contributed by atoms with van der Waals surface area (Å²) in [5.74, 6) is -0.755. The van der Waals surface area contributed by atoms with Crippen LogP contribution in [0.15, 0.2) is 41.7 Å². The maximum absolute atomic E-state index is 13.0. The highest BCUT2D eigenvalue weighted by atomic mass is 19.1. The SMILES string of the molecule is Cc1ccc2c(c1-c1ccc3nc(NC(=O)C4CC4F)cn3c1)=CC(=O)N=2. The molecule has 1 N–H and O–H groups in total. The number of carbonyl (C=O) groups is 2. The Balaban J connectivity index is 1.56. The molecule has 5 rings (SSSR count). The Bertz CT molecular complexity index is 1260. The number of pyridine rings is 1. The predicted molar refractivity (Wildman–Crippen MR) is 97.3 cm³/mol. The number of fused-ring (bicyclic) bond motifs is 2. The van der Waals surface area contributed by atoms with E-state index in [2.05, 4.69) is 15.3 Å². The lowest BCUT2D eigenvalue weighted by atomic mass is 9.99. The summed E-state index contributed by atoms with van der Waals surface area (Å²) < 4.78 is 14.8. The summed E-state index contributed by atoms with van der Waals surface area (Å²) in [4.78, 5) is 32.0. The number of hydrogen-bond acceptors (Lipinski definition) is 3. The molecule has 0 saturated heterocycles. The van der Waals surface area contributed by atoms with Crippen LogP contribution in [0, 0.1) is 12.8 Å².